The zero-order valence-electron chi connectivity index (χ0n) is 13.8. The zero-order chi connectivity index (χ0) is 15.9. The van der Waals surface area contributed by atoms with E-state index >= 15 is 0 Å². The van der Waals surface area contributed by atoms with Gasteiger partial charge in [-0.1, -0.05) is 57.2 Å². The van der Waals surface area contributed by atoms with Crippen LogP contribution in [-0.4, -0.2) is 14.9 Å². The second kappa shape index (κ2) is 8.16. The van der Waals surface area contributed by atoms with Gasteiger partial charge in [0.05, 0.1) is 6.61 Å². The second-order valence-corrected chi connectivity index (χ2v) is 7.64. The molecule has 22 heavy (non-hydrogen) atoms. The van der Waals surface area contributed by atoms with E-state index in [9.17, 15) is 5.11 Å². The quantitative estimate of drug-likeness (QED) is 0.796. The first-order valence-electron chi connectivity index (χ1n) is 8.06. The number of hydrogen-bond acceptors (Lipinski definition) is 2. The lowest BCUT2D eigenvalue weighted by molar-refractivity contribution is 0.318. The molecule has 0 unspecified atom stereocenters. The maximum absolute atomic E-state index is 10.3. The van der Waals surface area contributed by atoms with Crippen molar-refractivity contribution in [3.63, 3.8) is 0 Å². The average Bonchev–Trinajstić information content (AvgIpc) is 2.51. The molecule has 0 saturated carbocycles. The highest BCUT2D eigenvalue weighted by Gasteiger charge is 2.13. The predicted molar refractivity (Wildman–Crippen MR) is 95.4 cm³/mol. The Morgan fingerprint density at radius 2 is 1.77 bits per heavy atom. The summed E-state index contributed by atoms with van der Waals surface area (Å²) < 4.78 is 5.99. The van der Waals surface area contributed by atoms with Gasteiger partial charge in [0.25, 0.3) is 0 Å². The van der Waals surface area contributed by atoms with Crippen LogP contribution >= 0.6 is 0 Å². The second-order valence-electron chi connectivity index (χ2n) is 6.13. The summed E-state index contributed by atoms with van der Waals surface area (Å²) in [7, 11) is -0.744. The number of phenols is 1. The van der Waals surface area contributed by atoms with Gasteiger partial charge < -0.3 is 9.53 Å². The molecule has 0 aliphatic rings. The Morgan fingerprint density at radius 3 is 2.41 bits per heavy atom. The van der Waals surface area contributed by atoms with Crippen molar-refractivity contribution in [1.82, 2.24) is 0 Å². The summed E-state index contributed by atoms with van der Waals surface area (Å²) in [5.74, 6) is 0.937. The smallest absolute Gasteiger partial charge is 0.192 e. The molecule has 0 fully saturated rings. The molecule has 0 amide bonds. The molecule has 0 spiro atoms. The molecular formula is C19H26O2Si. The minimum Gasteiger partial charge on any atom is -0.508 e. The van der Waals surface area contributed by atoms with Crippen molar-refractivity contribution in [2.75, 3.05) is 0 Å². The summed E-state index contributed by atoms with van der Waals surface area (Å²) in [5.41, 5.74) is 3.59. The first-order chi connectivity index (χ1) is 10.6. The first kappa shape index (κ1) is 16.8. The standard InChI is InChI=1S/C19H26O2Si/c1-4-15-10-11-19(20)18(17(15)12-14(2)3)13-21-22-16-8-6-5-7-9-16/h5-11,14,20H,4,12-13,22H2,1-3H3. The minimum absolute atomic E-state index is 0.370. The molecule has 0 radical (unpaired) electrons. The monoisotopic (exact) mass is 314 g/mol. The highest BCUT2D eigenvalue weighted by molar-refractivity contribution is 6.46. The molecule has 2 aromatic carbocycles. The zero-order valence-corrected chi connectivity index (χ0v) is 15.2. The normalized spacial score (nSPS) is 11.6. The van der Waals surface area contributed by atoms with Gasteiger partial charge >= 0.3 is 0 Å². The molecule has 1 N–H and O–H groups in total. The van der Waals surface area contributed by atoms with Gasteiger partial charge in [-0.05, 0) is 41.1 Å². The Hall–Kier alpha value is -1.58. The van der Waals surface area contributed by atoms with Crippen LogP contribution < -0.4 is 5.19 Å². The molecular weight excluding hydrogens is 288 g/mol. The van der Waals surface area contributed by atoms with E-state index in [0.717, 1.165) is 18.4 Å². The summed E-state index contributed by atoms with van der Waals surface area (Å²) in [6.07, 6.45) is 1.98. The van der Waals surface area contributed by atoms with Gasteiger partial charge in [-0.2, -0.15) is 0 Å². The van der Waals surface area contributed by atoms with Crippen LogP contribution in [0.15, 0.2) is 42.5 Å². The van der Waals surface area contributed by atoms with Crippen molar-refractivity contribution in [3.05, 3.63) is 59.2 Å². The summed E-state index contributed by atoms with van der Waals surface area (Å²) in [6, 6.07) is 14.2. The molecule has 2 aromatic rings. The lowest BCUT2D eigenvalue weighted by atomic mass is 9.92. The molecule has 2 rings (SSSR count). The minimum atomic E-state index is -0.744. The van der Waals surface area contributed by atoms with E-state index in [0.29, 0.717) is 18.3 Å². The highest BCUT2D eigenvalue weighted by atomic mass is 28.2. The lowest BCUT2D eigenvalue weighted by Crippen LogP contribution is -2.17. The summed E-state index contributed by atoms with van der Waals surface area (Å²) >= 11 is 0. The molecule has 118 valence electrons. The van der Waals surface area contributed by atoms with Crippen LogP contribution in [-0.2, 0) is 23.9 Å². The molecule has 0 aliphatic carbocycles. The van der Waals surface area contributed by atoms with Gasteiger partial charge in [-0.15, -0.1) is 0 Å². The molecule has 0 heterocycles. The van der Waals surface area contributed by atoms with Crippen LogP contribution in [0.4, 0.5) is 0 Å². The molecule has 0 bridgehead atoms. The molecule has 0 aromatic heterocycles. The average molecular weight is 315 g/mol. The summed E-state index contributed by atoms with van der Waals surface area (Å²) in [5, 5.41) is 11.5. The van der Waals surface area contributed by atoms with E-state index in [4.69, 9.17) is 4.43 Å². The third-order valence-electron chi connectivity index (χ3n) is 3.85. The van der Waals surface area contributed by atoms with Crippen molar-refractivity contribution in [3.8, 4) is 5.75 Å². The van der Waals surface area contributed by atoms with Crippen LogP contribution in [0.25, 0.3) is 0 Å². The third kappa shape index (κ3) is 4.45. The van der Waals surface area contributed by atoms with E-state index in [1.54, 1.807) is 0 Å². The van der Waals surface area contributed by atoms with Gasteiger partial charge in [0.2, 0.25) is 0 Å². The predicted octanol–water partition coefficient (Wildman–Crippen LogP) is 3.08. The van der Waals surface area contributed by atoms with Crippen LogP contribution in [0.2, 0.25) is 0 Å². The van der Waals surface area contributed by atoms with Crippen molar-refractivity contribution in [2.24, 2.45) is 5.92 Å². The van der Waals surface area contributed by atoms with Crippen molar-refractivity contribution >= 4 is 14.9 Å². The van der Waals surface area contributed by atoms with Crippen LogP contribution in [0.3, 0.4) is 0 Å². The first-order valence-corrected chi connectivity index (χ1v) is 9.34. The van der Waals surface area contributed by atoms with Gasteiger partial charge in [0, 0.05) is 5.56 Å². The summed E-state index contributed by atoms with van der Waals surface area (Å²) in [6.45, 7) is 7.11. The van der Waals surface area contributed by atoms with E-state index in [-0.39, 0.29) is 0 Å². The Kier molecular flexibility index (Phi) is 6.22. The van der Waals surface area contributed by atoms with E-state index in [1.165, 1.54) is 16.3 Å². The van der Waals surface area contributed by atoms with Crippen LogP contribution in [0, 0.1) is 5.92 Å². The van der Waals surface area contributed by atoms with E-state index in [2.05, 4.69) is 32.9 Å². The molecule has 0 atom stereocenters. The number of benzene rings is 2. The van der Waals surface area contributed by atoms with Gasteiger partial charge in [0.1, 0.15) is 5.75 Å². The maximum Gasteiger partial charge on any atom is 0.192 e. The van der Waals surface area contributed by atoms with Crippen molar-refractivity contribution in [1.29, 1.82) is 0 Å². The number of aryl methyl sites for hydroxylation is 1. The fraction of sp³-hybridized carbons (Fsp3) is 0.368. The largest absolute Gasteiger partial charge is 0.508 e. The Labute approximate surface area is 136 Å². The molecule has 2 nitrogen and oxygen atoms in total. The number of aromatic hydroxyl groups is 1. The van der Waals surface area contributed by atoms with Crippen LogP contribution in [0.5, 0.6) is 5.75 Å². The maximum atomic E-state index is 10.3. The fourth-order valence-corrected chi connectivity index (χ4v) is 3.74. The lowest BCUT2D eigenvalue weighted by Gasteiger charge is -2.18. The number of hydrogen-bond donors (Lipinski definition) is 1. The van der Waals surface area contributed by atoms with Crippen molar-refractivity contribution < 1.29 is 9.53 Å². The van der Waals surface area contributed by atoms with Crippen LogP contribution in [0.1, 0.15) is 37.5 Å². The molecule has 3 heteroatoms. The highest BCUT2D eigenvalue weighted by Crippen LogP contribution is 2.28. The number of rotatable bonds is 7. The third-order valence-corrected chi connectivity index (χ3v) is 5.07. The Bertz CT molecular complexity index is 594. The van der Waals surface area contributed by atoms with Gasteiger partial charge in [-0.25, -0.2) is 0 Å². The van der Waals surface area contributed by atoms with Gasteiger partial charge in [-0.3, -0.25) is 0 Å². The topological polar surface area (TPSA) is 29.5 Å². The SMILES string of the molecule is CCc1ccc(O)c(CO[SiH2]c2ccccc2)c1CC(C)C. The Morgan fingerprint density at radius 1 is 1.05 bits per heavy atom. The number of phenolic OH excluding ortho intramolecular Hbond substituents is 1. The Balaban J connectivity index is 2.14. The van der Waals surface area contributed by atoms with E-state index < -0.39 is 9.76 Å². The van der Waals surface area contributed by atoms with Crippen molar-refractivity contribution in [2.45, 2.75) is 40.2 Å². The summed E-state index contributed by atoms with van der Waals surface area (Å²) in [4.78, 5) is 0. The van der Waals surface area contributed by atoms with Gasteiger partial charge in [0.15, 0.2) is 9.76 Å². The fourth-order valence-electron chi connectivity index (χ4n) is 2.73. The van der Waals surface area contributed by atoms with E-state index in [1.807, 2.05) is 30.3 Å². The molecule has 0 saturated heterocycles. The molecule has 0 aliphatic heterocycles.